The van der Waals surface area contributed by atoms with Crippen LogP contribution in [0.25, 0.3) is 0 Å². The van der Waals surface area contributed by atoms with Crippen LogP contribution < -0.4 is 14.2 Å². The van der Waals surface area contributed by atoms with E-state index >= 15 is 0 Å². The van der Waals surface area contributed by atoms with Gasteiger partial charge < -0.3 is 23.7 Å². The van der Waals surface area contributed by atoms with Crippen LogP contribution in [0.15, 0.2) is 12.1 Å². The minimum atomic E-state index is -0.323. The van der Waals surface area contributed by atoms with Gasteiger partial charge in [0, 0.05) is 6.92 Å². The first kappa shape index (κ1) is 63.6. The Hall–Kier alpha value is -2.44. The maximum absolute atomic E-state index is 13.6. The lowest BCUT2D eigenvalue weighted by atomic mass is 10.1. The maximum Gasteiger partial charge on any atom is 0.338 e. The fraction of sp³-hybridized carbons (Fsp3) is 0.869. The Bertz CT molecular complexity index is 1180. The van der Waals surface area contributed by atoms with Crippen LogP contribution in [-0.2, 0) is 14.3 Å². The van der Waals surface area contributed by atoms with E-state index in [4.69, 9.17) is 23.7 Å². The lowest BCUT2D eigenvalue weighted by molar-refractivity contribution is -0.141. The zero-order valence-electron chi connectivity index (χ0n) is 45.7. The smallest absolute Gasteiger partial charge is 0.338 e. The van der Waals surface area contributed by atoms with Gasteiger partial charge in [-0.05, 0) is 44.2 Å². The molecule has 0 saturated carbocycles. The van der Waals surface area contributed by atoms with E-state index < -0.39 is 0 Å². The summed E-state index contributed by atoms with van der Waals surface area (Å²) in [6, 6.07) is 3.69. The minimum absolute atomic E-state index is 0.199. The molecular formula is C61H112O7. The topological polar surface area (TPSA) is 80.3 Å². The molecule has 0 atom stereocenters. The lowest BCUT2D eigenvalue weighted by Gasteiger charge is -2.19. The number of carbonyl (C=O) groups excluding carboxylic acids is 2. The van der Waals surface area contributed by atoms with Crippen molar-refractivity contribution in [2.24, 2.45) is 0 Å². The van der Waals surface area contributed by atoms with E-state index in [0.29, 0.717) is 55.8 Å². The number of hydrogen-bond donors (Lipinski definition) is 0. The molecule has 0 radical (unpaired) electrons. The van der Waals surface area contributed by atoms with E-state index in [2.05, 4.69) is 20.8 Å². The molecule has 398 valence electrons. The minimum Gasteiger partial charge on any atom is -0.490 e. The molecule has 0 aliphatic heterocycles. The van der Waals surface area contributed by atoms with E-state index in [-0.39, 0.29) is 11.9 Å². The number of carbonyl (C=O) groups is 2. The molecule has 7 heteroatoms. The Labute approximate surface area is 421 Å². The highest BCUT2D eigenvalue weighted by atomic mass is 16.5. The molecule has 7 nitrogen and oxygen atoms in total. The van der Waals surface area contributed by atoms with Gasteiger partial charge in [-0.15, -0.1) is 0 Å². The molecule has 0 N–H and O–H groups in total. The van der Waals surface area contributed by atoms with E-state index in [0.717, 1.165) is 77.0 Å². The van der Waals surface area contributed by atoms with Crippen LogP contribution in [-0.4, -0.2) is 45.0 Å². The van der Waals surface area contributed by atoms with Crippen molar-refractivity contribution in [2.75, 3.05) is 33.0 Å². The van der Waals surface area contributed by atoms with Gasteiger partial charge in [0.15, 0.2) is 11.5 Å². The van der Waals surface area contributed by atoms with Gasteiger partial charge in [0.25, 0.3) is 0 Å². The van der Waals surface area contributed by atoms with Crippen molar-refractivity contribution >= 4 is 11.9 Å². The fourth-order valence-electron chi connectivity index (χ4n) is 9.15. The van der Waals surface area contributed by atoms with Crippen LogP contribution >= 0.6 is 0 Å². The van der Waals surface area contributed by atoms with Crippen LogP contribution in [0.2, 0.25) is 0 Å². The number of ether oxygens (including phenoxy) is 5. The molecule has 0 spiro atoms. The summed E-state index contributed by atoms with van der Waals surface area (Å²) in [5.41, 5.74) is 0.478. The van der Waals surface area contributed by atoms with E-state index in [1.54, 1.807) is 0 Å². The molecule has 0 aliphatic rings. The predicted octanol–water partition coefficient (Wildman–Crippen LogP) is 19.8. The molecule has 0 amide bonds. The Morgan fingerprint density at radius 3 is 0.824 bits per heavy atom. The Morgan fingerprint density at radius 1 is 0.309 bits per heavy atom. The second-order valence-electron chi connectivity index (χ2n) is 20.3. The van der Waals surface area contributed by atoms with E-state index in [9.17, 15) is 9.59 Å². The number of rotatable bonds is 54. The van der Waals surface area contributed by atoms with Crippen molar-refractivity contribution in [3.05, 3.63) is 17.7 Å². The molecular weight excluding hydrogens is 845 g/mol. The van der Waals surface area contributed by atoms with E-state index in [1.807, 2.05) is 12.1 Å². The van der Waals surface area contributed by atoms with Gasteiger partial charge >= 0.3 is 11.9 Å². The van der Waals surface area contributed by atoms with Gasteiger partial charge in [-0.2, -0.15) is 0 Å². The molecule has 68 heavy (non-hydrogen) atoms. The van der Waals surface area contributed by atoms with Crippen LogP contribution in [0.5, 0.6) is 17.2 Å². The molecule has 0 fully saturated rings. The molecule has 1 aromatic rings. The molecule has 0 aliphatic carbocycles. The third-order valence-corrected chi connectivity index (χ3v) is 13.6. The summed E-state index contributed by atoms with van der Waals surface area (Å²) in [5, 5.41) is 0. The van der Waals surface area contributed by atoms with Crippen LogP contribution in [0.4, 0.5) is 0 Å². The highest BCUT2D eigenvalue weighted by molar-refractivity contribution is 5.91. The van der Waals surface area contributed by atoms with Crippen molar-refractivity contribution < 1.29 is 33.3 Å². The highest BCUT2D eigenvalue weighted by Gasteiger charge is 2.20. The molecule has 0 aromatic heterocycles. The normalized spacial score (nSPS) is 11.3. The Morgan fingerprint density at radius 2 is 0.544 bits per heavy atom. The van der Waals surface area contributed by atoms with Crippen LogP contribution in [0.1, 0.15) is 321 Å². The van der Waals surface area contributed by atoms with Crippen molar-refractivity contribution in [3.8, 4) is 17.2 Å². The van der Waals surface area contributed by atoms with Gasteiger partial charge in [0.05, 0.1) is 38.6 Å². The Balaban J connectivity index is 2.84. The molecule has 0 bridgehead atoms. The average molecular weight is 958 g/mol. The number of hydrogen-bond acceptors (Lipinski definition) is 7. The SMILES string of the molecule is CCCCCCCCCCCCCCOc1cc(C(=O)OCCCCCCCCCCOC(C)=O)cc(OCCCCCCCCCCCCCC)c1OCCCCCCCCCCCCCC. The van der Waals surface area contributed by atoms with Crippen LogP contribution in [0.3, 0.4) is 0 Å². The van der Waals surface area contributed by atoms with Gasteiger partial charge in [-0.3, -0.25) is 4.79 Å². The summed E-state index contributed by atoms with van der Waals surface area (Å²) in [6.07, 6.45) is 55.3. The summed E-state index contributed by atoms with van der Waals surface area (Å²) in [4.78, 5) is 24.6. The monoisotopic (exact) mass is 957 g/mol. The molecule has 1 rings (SSSR count). The predicted molar refractivity (Wildman–Crippen MR) is 290 cm³/mol. The van der Waals surface area contributed by atoms with Crippen LogP contribution in [0, 0.1) is 0 Å². The third-order valence-electron chi connectivity index (χ3n) is 13.6. The first-order valence-corrected chi connectivity index (χ1v) is 29.9. The summed E-state index contributed by atoms with van der Waals surface area (Å²) >= 11 is 0. The Kier molecular flexibility index (Phi) is 47.6. The quantitative estimate of drug-likeness (QED) is 0.0475. The zero-order chi connectivity index (χ0) is 49.1. The number of benzene rings is 1. The molecule has 0 saturated heterocycles. The molecule has 1 aromatic carbocycles. The largest absolute Gasteiger partial charge is 0.490 e. The number of esters is 2. The van der Waals surface area contributed by atoms with Crippen molar-refractivity contribution in [2.45, 2.75) is 310 Å². The molecule has 0 heterocycles. The summed E-state index contributed by atoms with van der Waals surface area (Å²) in [6.45, 7) is 11.0. The first-order valence-electron chi connectivity index (χ1n) is 29.9. The third kappa shape index (κ3) is 41.4. The maximum atomic E-state index is 13.6. The van der Waals surface area contributed by atoms with Crippen molar-refractivity contribution in [3.63, 3.8) is 0 Å². The first-order chi connectivity index (χ1) is 33.5. The van der Waals surface area contributed by atoms with Crippen molar-refractivity contribution in [1.29, 1.82) is 0 Å². The highest BCUT2D eigenvalue weighted by Crippen LogP contribution is 2.40. The summed E-state index contributed by atoms with van der Waals surface area (Å²) in [7, 11) is 0. The van der Waals surface area contributed by atoms with Gasteiger partial charge in [0.2, 0.25) is 5.75 Å². The zero-order valence-corrected chi connectivity index (χ0v) is 45.7. The summed E-state index contributed by atoms with van der Waals surface area (Å²) < 4.78 is 30.5. The van der Waals surface area contributed by atoms with E-state index in [1.165, 1.54) is 212 Å². The fourth-order valence-corrected chi connectivity index (χ4v) is 9.15. The van der Waals surface area contributed by atoms with Gasteiger partial charge in [0.1, 0.15) is 0 Å². The van der Waals surface area contributed by atoms with Crippen molar-refractivity contribution in [1.82, 2.24) is 0 Å². The standard InChI is InChI=1S/C61H112O7/c1-5-8-11-14-17-20-23-26-29-35-40-45-50-65-58-54-57(61(63)68-53-48-43-38-33-32-34-39-44-49-64-56(4)62)55-59(66-51-46-41-36-30-27-24-21-18-15-12-9-6-2)60(58)67-52-47-42-37-31-28-25-22-19-16-13-10-7-3/h54-55H,5-53H2,1-4H3. The molecule has 0 unspecified atom stereocenters. The second kappa shape index (κ2) is 50.9. The lowest BCUT2D eigenvalue weighted by Crippen LogP contribution is -2.11. The number of unbranched alkanes of at least 4 members (excludes halogenated alkanes) is 40. The summed E-state index contributed by atoms with van der Waals surface area (Å²) in [5.74, 6) is 1.34. The van der Waals surface area contributed by atoms with Gasteiger partial charge in [-0.25, -0.2) is 4.79 Å². The second-order valence-corrected chi connectivity index (χ2v) is 20.3. The van der Waals surface area contributed by atoms with Gasteiger partial charge in [-0.1, -0.05) is 271 Å². The average Bonchev–Trinajstić information content (AvgIpc) is 3.33.